The summed E-state index contributed by atoms with van der Waals surface area (Å²) in [5.41, 5.74) is 0.759. The van der Waals surface area contributed by atoms with Gasteiger partial charge in [-0.2, -0.15) is 0 Å². The van der Waals surface area contributed by atoms with Crippen LogP contribution >= 0.6 is 12.4 Å². The van der Waals surface area contributed by atoms with Crippen LogP contribution in [-0.2, 0) is 0 Å². The van der Waals surface area contributed by atoms with E-state index in [-0.39, 0.29) is 24.2 Å². The van der Waals surface area contributed by atoms with Crippen molar-refractivity contribution in [1.82, 2.24) is 5.32 Å². The van der Waals surface area contributed by atoms with Gasteiger partial charge in [0.2, 0.25) is 0 Å². The van der Waals surface area contributed by atoms with Crippen molar-refractivity contribution in [3.05, 3.63) is 29.8 Å². The summed E-state index contributed by atoms with van der Waals surface area (Å²) in [6, 6.07) is 7.30. The first-order valence-corrected chi connectivity index (χ1v) is 5.23. The van der Waals surface area contributed by atoms with E-state index in [0.717, 1.165) is 30.7 Å². The third-order valence-electron chi connectivity index (χ3n) is 2.75. The maximum absolute atomic E-state index is 11.9. The topological polar surface area (TPSA) is 38.3 Å². The first-order valence-electron chi connectivity index (χ1n) is 5.23. The Balaban J connectivity index is 0.00000128. The number of ketones is 1. The highest BCUT2D eigenvalue weighted by Crippen LogP contribution is 2.15. The average molecular weight is 242 g/mol. The highest BCUT2D eigenvalue weighted by atomic mass is 35.5. The largest absolute Gasteiger partial charge is 0.497 e. The second-order valence-corrected chi connectivity index (χ2v) is 3.74. The van der Waals surface area contributed by atoms with E-state index in [1.54, 1.807) is 7.11 Å². The van der Waals surface area contributed by atoms with Crippen LogP contribution in [0, 0.1) is 0 Å². The summed E-state index contributed by atoms with van der Waals surface area (Å²) >= 11 is 0. The number of Topliss-reactive ketones (excluding diaryl/α,β-unsaturated/α-hetero) is 1. The number of hydrogen-bond donors (Lipinski definition) is 1. The third kappa shape index (κ3) is 2.74. The molecule has 1 atom stereocenters. The molecule has 0 spiro atoms. The molecule has 1 aromatic carbocycles. The van der Waals surface area contributed by atoms with Crippen molar-refractivity contribution in [2.45, 2.75) is 18.9 Å². The van der Waals surface area contributed by atoms with Gasteiger partial charge in [-0.3, -0.25) is 4.79 Å². The minimum atomic E-state index is 0. The van der Waals surface area contributed by atoms with E-state index < -0.39 is 0 Å². The molecule has 16 heavy (non-hydrogen) atoms. The molecule has 88 valence electrons. The quantitative estimate of drug-likeness (QED) is 0.824. The first-order chi connectivity index (χ1) is 7.31. The van der Waals surface area contributed by atoms with Crippen molar-refractivity contribution in [2.75, 3.05) is 13.7 Å². The lowest BCUT2D eigenvalue weighted by atomic mass is 10.0. The van der Waals surface area contributed by atoms with Gasteiger partial charge in [0.05, 0.1) is 13.2 Å². The molecule has 1 aromatic rings. The summed E-state index contributed by atoms with van der Waals surface area (Å²) < 4.78 is 5.05. The van der Waals surface area contributed by atoms with Gasteiger partial charge in [-0.25, -0.2) is 0 Å². The van der Waals surface area contributed by atoms with Crippen molar-refractivity contribution >= 4 is 18.2 Å². The highest BCUT2D eigenvalue weighted by molar-refractivity contribution is 6.00. The molecule has 1 saturated heterocycles. The zero-order valence-corrected chi connectivity index (χ0v) is 10.0. The Kier molecular flexibility index (Phi) is 4.77. The number of nitrogens with one attached hydrogen (secondary N) is 1. The lowest BCUT2D eigenvalue weighted by Gasteiger charge is -2.09. The van der Waals surface area contributed by atoms with Crippen LogP contribution in [-0.4, -0.2) is 25.5 Å². The van der Waals surface area contributed by atoms with Crippen LogP contribution in [0.2, 0.25) is 0 Å². The summed E-state index contributed by atoms with van der Waals surface area (Å²) in [6.07, 6.45) is 2.04. The fraction of sp³-hybridized carbons (Fsp3) is 0.417. The van der Waals surface area contributed by atoms with E-state index in [1.165, 1.54) is 0 Å². The minimum Gasteiger partial charge on any atom is -0.497 e. The fourth-order valence-corrected chi connectivity index (χ4v) is 1.86. The van der Waals surface area contributed by atoms with Gasteiger partial charge in [-0.15, -0.1) is 12.4 Å². The Morgan fingerprint density at radius 3 is 2.56 bits per heavy atom. The third-order valence-corrected chi connectivity index (χ3v) is 2.75. The predicted molar refractivity (Wildman–Crippen MR) is 65.6 cm³/mol. The number of halogens is 1. The minimum absolute atomic E-state index is 0. The van der Waals surface area contributed by atoms with Crippen LogP contribution in [0.3, 0.4) is 0 Å². The molecule has 0 aliphatic carbocycles. The monoisotopic (exact) mass is 241 g/mol. The van der Waals surface area contributed by atoms with Gasteiger partial charge in [-0.1, -0.05) is 0 Å². The Hall–Kier alpha value is -1.06. The lowest BCUT2D eigenvalue weighted by molar-refractivity contribution is 0.0952. The van der Waals surface area contributed by atoms with E-state index >= 15 is 0 Å². The number of hydrogen-bond acceptors (Lipinski definition) is 3. The van der Waals surface area contributed by atoms with Crippen molar-refractivity contribution in [3.8, 4) is 5.75 Å². The molecule has 3 nitrogen and oxygen atoms in total. The van der Waals surface area contributed by atoms with Crippen LogP contribution in [0.15, 0.2) is 24.3 Å². The smallest absolute Gasteiger partial charge is 0.179 e. The van der Waals surface area contributed by atoms with E-state index in [2.05, 4.69) is 5.32 Å². The molecular weight excluding hydrogens is 226 g/mol. The number of rotatable bonds is 3. The van der Waals surface area contributed by atoms with Crippen LogP contribution in [0.1, 0.15) is 23.2 Å². The number of benzene rings is 1. The standard InChI is InChI=1S/C12H15NO2.ClH/c1-15-10-6-4-9(5-7-10)12(14)11-3-2-8-13-11;/h4-7,11,13H,2-3,8H2,1H3;1H. The van der Waals surface area contributed by atoms with Gasteiger partial charge < -0.3 is 10.1 Å². The normalized spacial score (nSPS) is 18.9. The van der Waals surface area contributed by atoms with E-state index in [1.807, 2.05) is 24.3 Å². The predicted octanol–water partition coefficient (Wildman–Crippen LogP) is 2.05. The second-order valence-electron chi connectivity index (χ2n) is 3.74. The molecule has 4 heteroatoms. The maximum atomic E-state index is 11.9. The number of ether oxygens (including phenoxy) is 1. The Morgan fingerprint density at radius 2 is 2.06 bits per heavy atom. The van der Waals surface area contributed by atoms with Gasteiger partial charge in [0.15, 0.2) is 5.78 Å². The van der Waals surface area contributed by atoms with Crippen LogP contribution < -0.4 is 10.1 Å². The molecule has 0 bridgehead atoms. The summed E-state index contributed by atoms with van der Waals surface area (Å²) in [6.45, 7) is 0.951. The Morgan fingerprint density at radius 1 is 1.38 bits per heavy atom. The molecule has 0 amide bonds. The maximum Gasteiger partial charge on any atom is 0.179 e. The molecule has 0 saturated carbocycles. The van der Waals surface area contributed by atoms with E-state index in [0.29, 0.717) is 0 Å². The summed E-state index contributed by atoms with van der Waals surface area (Å²) in [5, 5.41) is 3.20. The van der Waals surface area contributed by atoms with Crippen molar-refractivity contribution in [3.63, 3.8) is 0 Å². The first kappa shape index (κ1) is 13.0. The summed E-state index contributed by atoms with van der Waals surface area (Å²) in [7, 11) is 1.62. The molecule has 2 rings (SSSR count). The summed E-state index contributed by atoms with van der Waals surface area (Å²) in [4.78, 5) is 11.9. The van der Waals surface area contributed by atoms with Gasteiger partial charge in [-0.05, 0) is 43.7 Å². The van der Waals surface area contributed by atoms with Crippen LogP contribution in [0.4, 0.5) is 0 Å². The molecule has 1 unspecified atom stereocenters. The van der Waals surface area contributed by atoms with Gasteiger partial charge in [0, 0.05) is 5.56 Å². The van der Waals surface area contributed by atoms with Gasteiger partial charge in [0.1, 0.15) is 5.75 Å². The zero-order chi connectivity index (χ0) is 10.7. The number of methoxy groups -OCH3 is 1. The molecule has 1 heterocycles. The van der Waals surface area contributed by atoms with E-state index in [4.69, 9.17) is 4.74 Å². The molecule has 0 radical (unpaired) electrons. The molecule has 0 aromatic heterocycles. The van der Waals surface area contributed by atoms with Crippen molar-refractivity contribution in [1.29, 1.82) is 0 Å². The number of carbonyl (C=O) groups excluding carboxylic acids is 1. The highest BCUT2D eigenvalue weighted by Gasteiger charge is 2.22. The zero-order valence-electron chi connectivity index (χ0n) is 9.23. The van der Waals surface area contributed by atoms with Crippen LogP contribution in [0.25, 0.3) is 0 Å². The molecule has 1 fully saturated rings. The summed E-state index contributed by atoms with van der Waals surface area (Å²) in [5.74, 6) is 0.973. The molecule has 1 N–H and O–H groups in total. The van der Waals surface area contributed by atoms with Crippen molar-refractivity contribution in [2.24, 2.45) is 0 Å². The average Bonchev–Trinajstić information content (AvgIpc) is 2.82. The fourth-order valence-electron chi connectivity index (χ4n) is 1.86. The van der Waals surface area contributed by atoms with E-state index in [9.17, 15) is 4.79 Å². The Bertz CT molecular complexity index is 345. The van der Waals surface area contributed by atoms with Gasteiger partial charge in [0.25, 0.3) is 0 Å². The SMILES string of the molecule is COc1ccc(C(=O)C2CCCN2)cc1.Cl. The molecular formula is C12H16ClNO2. The molecule has 1 aliphatic heterocycles. The van der Waals surface area contributed by atoms with Gasteiger partial charge >= 0.3 is 0 Å². The Labute approximate surface area is 102 Å². The van der Waals surface area contributed by atoms with Crippen LogP contribution in [0.5, 0.6) is 5.75 Å². The molecule has 1 aliphatic rings. The lowest BCUT2D eigenvalue weighted by Crippen LogP contribution is -2.30. The second kappa shape index (κ2) is 5.87. The van der Waals surface area contributed by atoms with Crippen molar-refractivity contribution < 1.29 is 9.53 Å². The number of carbonyl (C=O) groups is 1.